The Morgan fingerprint density at radius 2 is 1.84 bits per heavy atom. The van der Waals surface area contributed by atoms with Crippen LogP contribution in [-0.2, 0) is 4.74 Å². The van der Waals surface area contributed by atoms with Gasteiger partial charge in [0, 0.05) is 5.92 Å². The van der Waals surface area contributed by atoms with E-state index < -0.39 is 0 Å². The minimum Gasteiger partial charge on any atom is -0.508 e. The molecule has 102 valence electrons. The van der Waals surface area contributed by atoms with E-state index in [0.29, 0.717) is 29.4 Å². The molecule has 0 saturated carbocycles. The van der Waals surface area contributed by atoms with E-state index in [1.807, 2.05) is 12.1 Å². The first-order valence-corrected chi connectivity index (χ1v) is 7.16. The first-order valence-electron chi connectivity index (χ1n) is 7.16. The molecule has 2 heteroatoms. The van der Waals surface area contributed by atoms with E-state index in [-0.39, 0.29) is 6.10 Å². The van der Waals surface area contributed by atoms with Crippen LogP contribution in [0.3, 0.4) is 0 Å². The van der Waals surface area contributed by atoms with E-state index in [1.165, 1.54) is 11.1 Å². The summed E-state index contributed by atoms with van der Waals surface area (Å²) >= 11 is 0. The lowest BCUT2D eigenvalue weighted by Crippen LogP contribution is -2.42. The van der Waals surface area contributed by atoms with Crippen LogP contribution in [-0.4, -0.2) is 11.7 Å². The molecule has 1 aliphatic heterocycles. The van der Waals surface area contributed by atoms with E-state index in [0.717, 1.165) is 6.61 Å². The van der Waals surface area contributed by atoms with Crippen molar-refractivity contribution in [3.05, 3.63) is 41.5 Å². The zero-order valence-corrected chi connectivity index (χ0v) is 11.8. The summed E-state index contributed by atoms with van der Waals surface area (Å²) in [7, 11) is 0. The number of aromatic hydroxyl groups is 1. The van der Waals surface area contributed by atoms with Crippen LogP contribution in [0.2, 0.25) is 0 Å². The van der Waals surface area contributed by atoms with Gasteiger partial charge in [0.05, 0.1) is 12.7 Å². The lowest BCUT2D eigenvalue weighted by Gasteiger charge is -2.47. The first kappa shape index (κ1) is 12.7. The fraction of sp³-hybridized carbons (Fsp3) is 0.529. The van der Waals surface area contributed by atoms with E-state index in [4.69, 9.17) is 4.74 Å². The second kappa shape index (κ2) is 4.68. The predicted molar refractivity (Wildman–Crippen MR) is 75.9 cm³/mol. The molecule has 2 nitrogen and oxygen atoms in total. The number of hydrogen-bond donors (Lipinski definition) is 1. The number of allylic oxidation sites excluding steroid dienone is 1. The molecule has 5 atom stereocenters. The topological polar surface area (TPSA) is 29.5 Å². The molecule has 1 aromatic rings. The van der Waals surface area contributed by atoms with E-state index in [9.17, 15) is 5.11 Å². The summed E-state index contributed by atoms with van der Waals surface area (Å²) in [5.74, 6) is 2.70. The van der Waals surface area contributed by atoms with Gasteiger partial charge in [-0.2, -0.15) is 0 Å². The van der Waals surface area contributed by atoms with E-state index >= 15 is 0 Å². The molecular weight excluding hydrogens is 236 g/mol. The molecule has 0 radical (unpaired) electrons. The van der Waals surface area contributed by atoms with E-state index in [1.54, 1.807) is 12.1 Å². The monoisotopic (exact) mass is 258 g/mol. The molecule has 3 rings (SSSR count). The molecule has 2 bridgehead atoms. The molecule has 1 N–H and O–H groups in total. The van der Waals surface area contributed by atoms with Gasteiger partial charge in [-0.15, -0.1) is 0 Å². The Bertz CT molecular complexity index is 488. The van der Waals surface area contributed by atoms with Crippen LogP contribution >= 0.6 is 0 Å². The average molecular weight is 258 g/mol. The fourth-order valence-electron chi connectivity index (χ4n) is 3.91. The predicted octanol–water partition coefficient (Wildman–Crippen LogP) is 3.93. The summed E-state index contributed by atoms with van der Waals surface area (Å²) in [4.78, 5) is 0. The molecule has 0 unspecified atom stereocenters. The summed E-state index contributed by atoms with van der Waals surface area (Å²) < 4.78 is 6.16. The smallest absolute Gasteiger partial charge is 0.115 e. The third kappa shape index (κ3) is 2.08. The number of phenols is 1. The molecule has 0 aromatic heterocycles. The highest BCUT2D eigenvalue weighted by Gasteiger charge is 2.43. The second-order valence-corrected chi connectivity index (χ2v) is 6.16. The van der Waals surface area contributed by atoms with Crippen LogP contribution in [0.25, 0.3) is 0 Å². The van der Waals surface area contributed by atoms with Gasteiger partial charge in [-0.05, 0) is 42.4 Å². The lowest BCUT2D eigenvalue weighted by atomic mass is 9.64. The lowest BCUT2D eigenvalue weighted by molar-refractivity contribution is -0.0934. The van der Waals surface area contributed by atoms with Gasteiger partial charge in [0.1, 0.15) is 5.75 Å². The Kier molecular flexibility index (Phi) is 3.14. The average Bonchev–Trinajstić information content (AvgIpc) is 2.37. The van der Waals surface area contributed by atoms with Crippen LogP contribution in [0, 0.1) is 23.7 Å². The summed E-state index contributed by atoms with van der Waals surface area (Å²) in [6, 6.07) is 7.47. The second-order valence-electron chi connectivity index (χ2n) is 6.16. The molecule has 1 saturated heterocycles. The van der Waals surface area contributed by atoms with Gasteiger partial charge < -0.3 is 9.84 Å². The van der Waals surface area contributed by atoms with Crippen molar-refractivity contribution >= 4 is 0 Å². The Hall–Kier alpha value is -1.28. The molecule has 0 amide bonds. The molecule has 1 heterocycles. The summed E-state index contributed by atoms with van der Waals surface area (Å²) in [5, 5.41) is 9.42. The Morgan fingerprint density at radius 3 is 2.53 bits per heavy atom. The zero-order valence-electron chi connectivity index (χ0n) is 11.8. The van der Waals surface area contributed by atoms with Gasteiger partial charge in [-0.1, -0.05) is 37.6 Å². The maximum Gasteiger partial charge on any atom is 0.115 e. The largest absolute Gasteiger partial charge is 0.508 e. The van der Waals surface area contributed by atoms with Crippen LogP contribution in [0.1, 0.15) is 32.4 Å². The number of phenolic OH excluding ortho intramolecular Hbond substituents is 1. The van der Waals surface area contributed by atoms with Crippen LogP contribution in [0.4, 0.5) is 0 Å². The quantitative estimate of drug-likeness (QED) is 0.773. The summed E-state index contributed by atoms with van der Waals surface area (Å²) in [6.07, 6.45) is 2.56. The Labute approximate surface area is 115 Å². The summed E-state index contributed by atoms with van der Waals surface area (Å²) in [5.41, 5.74) is 2.63. The van der Waals surface area contributed by atoms with Crippen molar-refractivity contribution in [2.75, 3.05) is 6.61 Å². The van der Waals surface area contributed by atoms with Crippen molar-refractivity contribution in [2.24, 2.45) is 23.7 Å². The van der Waals surface area contributed by atoms with Crippen LogP contribution in [0.15, 0.2) is 35.9 Å². The van der Waals surface area contributed by atoms with Gasteiger partial charge in [-0.3, -0.25) is 0 Å². The molecule has 1 aliphatic carbocycles. The minimum atomic E-state index is 0.135. The van der Waals surface area contributed by atoms with Crippen molar-refractivity contribution < 1.29 is 9.84 Å². The fourth-order valence-corrected chi connectivity index (χ4v) is 3.91. The number of hydrogen-bond acceptors (Lipinski definition) is 2. The molecular formula is C17H22O2. The van der Waals surface area contributed by atoms with Crippen molar-refractivity contribution in [1.82, 2.24) is 0 Å². The van der Waals surface area contributed by atoms with Gasteiger partial charge in [0.15, 0.2) is 0 Å². The third-order valence-electron chi connectivity index (χ3n) is 4.98. The maximum atomic E-state index is 9.42. The highest BCUT2D eigenvalue weighted by atomic mass is 16.5. The number of rotatable bonds is 1. The molecule has 0 spiro atoms. The highest BCUT2D eigenvalue weighted by Crippen LogP contribution is 2.49. The number of ether oxygens (including phenoxy) is 1. The SMILES string of the molecule is CC1=C[C@@H](C)[C@@H]2CO[C@H](c3ccc(O)cc3)[C@@H]1[C@H]2C. The Balaban J connectivity index is 1.96. The highest BCUT2D eigenvalue weighted by molar-refractivity contribution is 5.30. The number of fused-ring (bicyclic) bond motifs is 2. The van der Waals surface area contributed by atoms with Gasteiger partial charge in [0.25, 0.3) is 0 Å². The molecule has 19 heavy (non-hydrogen) atoms. The van der Waals surface area contributed by atoms with Crippen molar-refractivity contribution in [2.45, 2.75) is 26.9 Å². The van der Waals surface area contributed by atoms with E-state index in [2.05, 4.69) is 26.8 Å². The van der Waals surface area contributed by atoms with Crippen LogP contribution in [0.5, 0.6) is 5.75 Å². The Morgan fingerprint density at radius 1 is 1.16 bits per heavy atom. The summed E-state index contributed by atoms with van der Waals surface area (Å²) in [6.45, 7) is 7.73. The van der Waals surface area contributed by atoms with Gasteiger partial charge in [0.2, 0.25) is 0 Å². The number of benzene rings is 1. The minimum absolute atomic E-state index is 0.135. The zero-order chi connectivity index (χ0) is 13.6. The normalized spacial score (nSPS) is 37.8. The van der Waals surface area contributed by atoms with Gasteiger partial charge >= 0.3 is 0 Å². The van der Waals surface area contributed by atoms with Gasteiger partial charge in [-0.25, -0.2) is 0 Å². The standard InChI is InChI=1S/C17H22O2/c1-10-8-11(2)16-12(3)15(10)9-19-17(16)13-4-6-14(18)7-5-13/h4-8,10,12,15-18H,9H2,1-3H3/t10-,12+,15+,16+,17-/m1/s1. The van der Waals surface area contributed by atoms with Crippen molar-refractivity contribution in [1.29, 1.82) is 0 Å². The van der Waals surface area contributed by atoms with Crippen LogP contribution < -0.4 is 0 Å². The van der Waals surface area contributed by atoms with Crippen molar-refractivity contribution in [3.63, 3.8) is 0 Å². The first-order chi connectivity index (χ1) is 9.08. The molecule has 2 aliphatic rings. The molecule has 1 aromatic carbocycles. The molecule has 1 fully saturated rings. The third-order valence-corrected chi connectivity index (χ3v) is 4.98. The van der Waals surface area contributed by atoms with Crippen molar-refractivity contribution in [3.8, 4) is 5.75 Å². The maximum absolute atomic E-state index is 9.42.